The molecule has 122 valence electrons. The summed E-state index contributed by atoms with van der Waals surface area (Å²) in [5.74, 6) is 0.0468. The number of benzene rings is 1. The second-order valence-electron chi connectivity index (χ2n) is 7.05. The number of hydrogen-bond donors (Lipinski definition) is 1. The zero-order chi connectivity index (χ0) is 17.1. The second kappa shape index (κ2) is 5.05. The number of H-pyrrole nitrogens is 1. The number of carbonyl (C=O) groups is 1. The normalized spacial score (nSPS) is 16.4. The summed E-state index contributed by atoms with van der Waals surface area (Å²) >= 11 is 6.03. The number of fused-ring (bicyclic) bond motifs is 3. The van der Waals surface area contributed by atoms with Gasteiger partial charge in [0, 0.05) is 23.2 Å². The van der Waals surface area contributed by atoms with Gasteiger partial charge < -0.3 is 0 Å². The van der Waals surface area contributed by atoms with E-state index in [1.54, 1.807) is 30.5 Å². The van der Waals surface area contributed by atoms with Gasteiger partial charge in [0.2, 0.25) is 0 Å². The van der Waals surface area contributed by atoms with E-state index in [1.807, 2.05) is 13.8 Å². The number of hydrogen-bond acceptors (Lipinski definition) is 3. The Morgan fingerprint density at radius 2 is 2.04 bits per heavy atom. The molecule has 0 radical (unpaired) electrons. The zero-order valence-corrected chi connectivity index (χ0v) is 14.1. The highest BCUT2D eigenvalue weighted by Gasteiger charge is 2.33. The van der Waals surface area contributed by atoms with Crippen molar-refractivity contribution in [1.29, 1.82) is 0 Å². The number of aromatic amines is 1. The van der Waals surface area contributed by atoms with E-state index in [0.29, 0.717) is 40.1 Å². The molecular formula is C18H16ClN3O2. The van der Waals surface area contributed by atoms with Gasteiger partial charge in [0.25, 0.3) is 5.56 Å². The van der Waals surface area contributed by atoms with E-state index in [-0.39, 0.29) is 16.8 Å². The summed E-state index contributed by atoms with van der Waals surface area (Å²) in [6.45, 7) is 4.09. The average Bonchev–Trinajstić information content (AvgIpc) is 2.83. The molecule has 0 spiro atoms. The van der Waals surface area contributed by atoms with Crippen LogP contribution in [0.3, 0.4) is 0 Å². The molecule has 0 aliphatic heterocycles. The van der Waals surface area contributed by atoms with Crippen molar-refractivity contribution in [2.45, 2.75) is 26.7 Å². The van der Waals surface area contributed by atoms with Gasteiger partial charge in [-0.1, -0.05) is 31.5 Å². The monoisotopic (exact) mass is 341 g/mol. The van der Waals surface area contributed by atoms with Crippen molar-refractivity contribution in [2.75, 3.05) is 0 Å². The lowest BCUT2D eigenvalue weighted by Crippen LogP contribution is -2.28. The largest absolute Gasteiger partial charge is 0.294 e. The Morgan fingerprint density at radius 3 is 2.79 bits per heavy atom. The molecule has 3 aromatic rings. The number of ketones is 1. The number of nitrogens with one attached hydrogen (secondary N) is 1. The molecule has 2 aromatic heterocycles. The summed E-state index contributed by atoms with van der Waals surface area (Å²) in [4.78, 5) is 29.7. The summed E-state index contributed by atoms with van der Waals surface area (Å²) < 4.78 is 1.43. The van der Waals surface area contributed by atoms with E-state index in [9.17, 15) is 9.59 Å². The SMILES string of the molecule is CC1(C)CC(=O)c2cnc3[nH]n(-c4cccc(Cl)c4)c(=O)c3c2C1. The highest BCUT2D eigenvalue weighted by atomic mass is 35.5. The minimum absolute atomic E-state index is 0.0468. The molecule has 24 heavy (non-hydrogen) atoms. The third-order valence-electron chi connectivity index (χ3n) is 4.48. The van der Waals surface area contributed by atoms with Gasteiger partial charge in [-0.25, -0.2) is 9.67 Å². The van der Waals surface area contributed by atoms with Crippen molar-refractivity contribution in [2.24, 2.45) is 5.41 Å². The topological polar surface area (TPSA) is 67.8 Å². The molecule has 0 saturated heterocycles. The first-order valence-electron chi connectivity index (χ1n) is 7.77. The van der Waals surface area contributed by atoms with Crippen molar-refractivity contribution in [3.05, 3.63) is 57.0 Å². The van der Waals surface area contributed by atoms with Crippen LogP contribution in [0.25, 0.3) is 16.7 Å². The minimum Gasteiger partial charge on any atom is -0.294 e. The lowest BCUT2D eigenvalue weighted by Gasteiger charge is -2.29. The van der Waals surface area contributed by atoms with Crippen LogP contribution in [0, 0.1) is 5.41 Å². The maximum absolute atomic E-state index is 13.0. The Morgan fingerprint density at radius 1 is 1.25 bits per heavy atom. The van der Waals surface area contributed by atoms with Gasteiger partial charge in [0.15, 0.2) is 11.4 Å². The molecule has 0 bridgehead atoms. The standard InChI is InChI=1S/C18H16ClN3O2/c1-18(2)7-12-13(14(23)8-18)9-20-16-15(12)17(24)22(21-16)11-5-3-4-10(19)6-11/h3-6,9H,7-8H2,1-2H3,(H,20,21). The van der Waals surface area contributed by atoms with Crippen LogP contribution in [0.1, 0.15) is 36.2 Å². The highest BCUT2D eigenvalue weighted by molar-refractivity contribution is 6.30. The van der Waals surface area contributed by atoms with Gasteiger partial charge in [-0.3, -0.25) is 14.7 Å². The molecule has 0 amide bonds. The van der Waals surface area contributed by atoms with E-state index >= 15 is 0 Å². The number of halogens is 1. The van der Waals surface area contributed by atoms with Crippen LogP contribution < -0.4 is 5.56 Å². The maximum Gasteiger partial charge on any atom is 0.281 e. The van der Waals surface area contributed by atoms with E-state index in [2.05, 4.69) is 10.1 Å². The molecule has 0 unspecified atom stereocenters. The molecular weight excluding hydrogens is 326 g/mol. The molecule has 1 aliphatic rings. The second-order valence-corrected chi connectivity index (χ2v) is 7.48. The molecule has 5 nitrogen and oxygen atoms in total. The van der Waals surface area contributed by atoms with E-state index < -0.39 is 0 Å². The Labute approximate surface area is 143 Å². The first kappa shape index (κ1) is 15.1. The molecule has 6 heteroatoms. The molecule has 1 N–H and O–H groups in total. The van der Waals surface area contributed by atoms with Crippen LogP contribution in [0.4, 0.5) is 0 Å². The fraction of sp³-hybridized carbons (Fsp3) is 0.278. The van der Waals surface area contributed by atoms with Crippen molar-refractivity contribution < 1.29 is 4.79 Å². The maximum atomic E-state index is 13.0. The van der Waals surface area contributed by atoms with Crippen LogP contribution >= 0.6 is 11.6 Å². The fourth-order valence-corrected chi connectivity index (χ4v) is 3.61. The van der Waals surface area contributed by atoms with Crippen molar-refractivity contribution in [3.63, 3.8) is 0 Å². The Hall–Kier alpha value is -2.40. The Kier molecular flexibility index (Phi) is 3.18. The first-order valence-corrected chi connectivity index (χ1v) is 8.15. The molecule has 1 aromatic carbocycles. The van der Waals surface area contributed by atoms with E-state index in [1.165, 1.54) is 4.68 Å². The summed E-state index contributed by atoms with van der Waals surface area (Å²) in [6.07, 6.45) is 2.73. The molecule has 0 fully saturated rings. The highest BCUT2D eigenvalue weighted by Crippen LogP contribution is 2.36. The van der Waals surface area contributed by atoms with Crippen molar-refractivity contribution in [3.8, 4) is 5.69 Å². The van der Waals surface area contributed by atoms with Crippen LogP contribution in [0.15, 0.2) is 35.3 Å². The lowest BCUT2D eigenvalue weighted by molar-refractivity contribution is 0.0912. The van der Waals surface area contributed by atoms with Crippen LogP contribution in [-0.2, 0) is 6.42 Å². The summed E-state index contributed by atoms with van der Waals surface area (Å²) in [7, 11) is 0. The minimum atomic E-state index is -0.206. The van der Waals surface area contributed by atoms with Crippen LogP contribution in [0.5, 0.6) is 0 Å². The zero-order valence-electron chi connectivity index (χ0n) is 13.4. The van der Waals surface area contributed by atoms with Crippen molar-refractivity contribution >= 4 is 28.4 Å². The van der Waals surface area contributed by atoms with Gasteiger partial charge in [-0.05, 0) is 35.6 Å². The predicted molar refractivity (Wildman–Crippen MR) is 93.1 cm³/mol. The third-order valence-corrected chi connectivity index (χ3v) is 4.72. The number of nitrogens with zero attached hydrogens (tertiary/aromatic N) is 2. The number of Topliss-reactive ketones (excluding diaryl/α,β-unsaturated/α-hetero) is 1. The van der Waals surface area contributed by atoms with Gasteiger partial charge in [0.1, 0.15) is 0 Å². The van der Waals surface area contributed by atoms with E-state index in [4.69, 9.17) is 11.6 Å². The van der Waals surface area contributed by atoms with Gasteiger partial charge in [-0.2, -0.15) is 0 Å². The summed E-state index contributed by atoms with van der Waals surface area (Å²) in [5.41, 5.74) is 2.12. The van der Waals surface area contributed by atoms with E-state index in [0.717, 1.165) is 5.56 Å². The van der Waals surface area contributed by atoms with Gasteiger partial charge >= 0.3 is 0 Å². The summed E-state index contributed by atoms with van der Waals surface area (Å²) in [5, 5.41) is 4.06. The molecule has 4 rings (SSSR count). The van der Waals surface area contributed by atoms with Gasteiger partial charge in [0.05, 0.1) is 11.1 Å². The number of carbonyl (C=O) groups excluding carboxylic acids is 1. The first-order chi connectivity index (χ1) is 11.4. The smallest absolute Gasteiger partial charge is 0.281 e. The predicted octanol–water partition coefficient (Wildman–Crippen LogP) is 3.52. The molecule has 0 saturated carbocycles. The van der Waals surface area contributed by atoms with Crippen LogP contribution in [0.2, 0.25) is 5.02 Å². The molecule has 2 heterocycles. The van der Waals surface area contributed by atoms with Crippen LogP contribution in [-0.4, -0.2) is 20.5 Å². The Bertz CT molecular complexity index is 1050. The number of pyridine rings is 1. The molecule has 1 aliphatic carbocycles. The van der Waals surface area contributed by atoms with Crippen molar-refractivity contribution in [1.82, 2.24) is 14.8 Å². The average molecular weight is 342 g/mol. The summed E-state index contributed by atoms with van der Waals surface area (Å²) in [6, 6.07) is 7.04. The number of rotatable bonds is 1. The quantitative estimate of drug-likeness (QED) is 0.736. The molecule has 0 atom stereocenters. The number of aromatic nitrogens is 3. The Balaban J connectivity index is 2.01. The lowest BCUT2D eigenvalue weighted by atomic mass is 9.73. The fourth-order valence-electron chi connectivity index (χ4n) is 3.42. The third kappa shape index (κ3) is 2.27. The van der Waals surface area contributed by atoms with Gasteiger partial charge in [-0.15, -0.1) is 0 Å².